The lowest BCUT2D eigenvalue weighted by Gasteiger charge is -2.43. The van der Waals surface area contributed by atoms with E-state index in [9.17, 15) is 0 Å². The molecule has 1 heterocycles. The lowest BCUT2D eigenvalue weighted by molar-refractivity contribution is 0.0872. The Kier molecular flexibility index (Phi) is 4.48. The Morgan fingerprint density at radius 2 is 1.79 bits per heavy atom. The summed E-state index contributed by atoms with van der Waals surface area (Å²) >= 11 is 0. The molecule has 1 aliphatic heterocycles. The lowest BCUT2D eigenvalue weighted by atomic mass is 9.82. The number of rotatable bonds is 4. The highest BCUT2D eigenvalue weighted by atomic mass is 15.2. The molecule has 0 aromatic rings. The Hall–Kier alpha value is -0.0800. The first-order chi connectivity index (χ1) is 9.26. The third-order valence-corrected chi connectivity index (χ3v) is 5.85. The van der Waals surface area contributed by atoms with Crippen molar-refractivity contribution in [1.29, 1.82) is 0 Å². The molecule has 0 radical (unpaired) electrons. The molecule has 3 fully saturated rings. The highest BCUT2D eigenvalue weighted by Gasteiger charge is 2.37. The van der Waals surface area contributed by atoms with Gasteiger partial charge in [-0.15, -0.1) is 0 Å². The van der Waals surface area contributed by atoms with E-state index < -0.39 is 0 Å². The highest BCUT2D eigenvalue weighted by molar-refractivity contribution is 4.94. The van der Waals surface area contributed by atoms with Crippen molar-refractivity contribution in [1.82, 2.24) is 10.2 Å². The van der Waals surface area contributed by atoms with Crippen LogP contribution in [-0.4, -0.2) is 36.6 Å². The summed E-state index contributed by atoms with van der Waals surface area (Å²) in [5.41, 5.74) is 0. The normalized spacial score (nSPS) is 41.4. The molecule has 3 rings (SSSR count). The molecule has 0 bridgehead atoms. The van der Waals surface area contributed by atoms with Crippen LogP contribution in [0.25, 0.3) is 0 Å². The van der Waals surface area contributed by atoms with Crippen molar-refractivity contribution in [2.45, 2.75) is 70.9 Å². The average Bonchev–Trinajstić information content (AvgIpc) is 3.26. The van der Waals surface area contributed by atoms with Crippen LogP contribution < -0.4 is 5.32 Å². The van der Waals surface area contributed by atoms with Gasteiger partial charge in [0, 0.05) is 31.7 Å². The maximum atomic E-state index is 3.81. The van der Waals surface area contributed by atoms with Crippen molar-refractivity contribution in [3.8, 4) is 0 Å². The van der Waals surface area contributed by atoms with Crippen molar-refractivity contribution in [2.24, 2.45) is 17.8 Å². The van der Waals surface area contributed by atoms with Crippen molar-refractivity contribution in [2.75, 3.05) is 19.6 Å². The minimum absolute atomic E-state index is 0.800. The minimum atomic E-state index is 0.800. The maximum absolute atomic E-state index is 3.81. The largest absolute Gasteiger partial charge is 0.311 e. The Balaban J connectivity index is 1.53. The first kappa shape index (κ1) is 13.9. The Morgan fingerprint density at radius 3 is 2.42 bits per heavy atom. The number of hydrogen-bond acceptors (Lipinski definition) is 2. The molecule has 110 valence electrons. The van der Waals surface area contributed by atoms with Gasteiger partial charge in [0.2, 0.25) is 0 Å². The van der Waals surface area contributed by atoms with E-state index in [0.717, 1.165) is 29.8 Å². The number of piperazine rings is 1. The number of hydrogen-bond donors (Lipinski definition) is 1. The molecule has 2 atom stereocenters. The van der Waals surface area contributed by atoms with Crippen LogP contribution in [0.5, 0.6) is 0 Å². The first-order valence-corrected chi connectivity index (χ1v) is 8.73. The van der Waals surface area contributed by atoms with Gasteiger partial charge in [-0.25, -0.2) is 0 Å². The van der Waals surface area contributed by atoms with Crippen molar-refractivity contribution < 1.29 is 0 Å². The number of nitrogens with one attached hydrogen (secondary N) is 1. The summed E-state index contributed by atoms with van der Waals surface area (Å²) < 4.78 is 0. The fraction of sp³-hybridized carbons (Fsp3) is 1.00. The summed E-state index contributed by atoms with van der Waals surface area (Å²) in [5.74, 6) is 2.98. The second kappa shape index (κ2) is 6.13. The van der Waals surface area contributed by atoms with Crippen molar-refractivity contribution in [3.05, 3.63) is 0 Å². The third kappa shape index (κ3) is 3.52. The van der Waals surface area contributed by atoms with E-state index in [2.05, 4.69) is 24.1 Å². The molecule has 2 heteroatoms. The minimum Gasteiger partial charge on any atom is -0.311 e. The second-order valence-electron chi connectivity index (χ2n) is 7.49. The summed E-state index contributed by atoms with van der Waals surface area (Å²) in [6.45, 7) is 8.74. The van der Waals surface area contributed by atoms with Gasteiger partial charge < -0.3 is 5.32 Å². The Morgan fingerprint density at radius 1 is 1.05 bits per heavy atom. The molecule has 2 unspecified atom stereocenters. The fourth-order valence-corrected chi connectivity index (χ4v) is 4.17. The van der Waals surface area contributed by atoms with Crippen LogP contribution in [-0.2, 0) is 0 Å². The lowest BCUT2D eigenvalue weighted by Crippen LogP contribution is -2.58. The van der Waals surface area contributed by atoms with Crippen LogP contribution in [0.1, 0.15) is 58.8 Å². The highest BCUT2D eigenvalue weighted by Crippen LogP contribution is 2.35. The Labute approximate surface area is 119 Å². The van der Waals surface area contributed by atoms with Crippen molar-refractivity contribution >= 4 is 0 Å². The molecule has 3 aliphatic rings. The molecule has 0 amide bonds. The maximum Gasteiger partial charge on any atom is 0.0224 e. The van der Waals surface area contributed by atoms with Gasteiger partial charge >= 0.3 is 0 Å². The van der Waals surface area contributed by atoms with Crippen LogP contribution in [0.3, 0.4) is 0 Å². The summed E-state index contributed by atoms with van der Waals surface area (Å²) in [6, 6.07) is 1.61. The van der Waals surface area contributed by atoms with Gasteiger partial charge in [-0.3, -0.25) is 4.90 Å². The molecule has 2 nitrogen and oxygen atoms in total. The average molecular weight is 264 g/mol. The van der Waals surface area contributed by atoms with Crippen LogP contribution in [0.4, 0.5) is 0 Å². The summed E-state index contributed by atoms with van der Waals surface area (Å²) in [6.07, 6.45) is 10.2. The van der Waals surface area contributed by atoms with Gasteiger partial charge in [-0.2, -0.15) is 0 Å². The third-order valence-electron chi connectivity index (χ3n) is 5.85. The first-order valence-electron chi connectivity index (χ1n) is 8.73. The van der Waals surface area contributed by atoms with E-state index in [-0.39, 0.29) is 0 Å². The summed E-state index contributed by atoms with van der Waals surface area (Å²) in [7, 11) is 0. The smallest absolute Gasteiger partial charge is 0.0224 e. The SMILES string of the molecule is CCC1CNC(C2CC2)CN1CC1CCC(C)CC1. The van der Waals surface area contributed by atoms with Gasteiger partial charge in [-0.05, 0) is 49.9 Å². The molecule has 0 spiro atoms. The molecule has 0 aromatic carbocycles. The predicted octanol–water partition coefficient (Wildman–Crippen LogP) is 3.28. The van der Waals surface area contributed by atoms with Crippen molar-refractivity contribution in [3.63, 3.8) is 0 Å². The zero-order valence-corrected chi connectivity index (χ0v) is 12.9. The van der Waals surface area contributed by atoms with Gasteiger partial charge in [0.1, 0.15) is 0 Å². The molecule has 2 aliphatic carbocycles. The van der Waals surface area contributed by atoms with Gasteiger partial charge in [-0.1, -0.05) is 26.7 Å². The molecule has 19 heavy (non-hydrogen) atoms. The molecular formula is C17H32N2. The molecule has 0 aromatic heterocycles. The van der Waals surface area contributed by atoms with Crippen LogP contribution in [0.2, 0.25) is 0 Å². The van der Waals surface area contributed by atoms with Gasteiger partial charge in [0.05, 0.1) is 0 Å². The van der Waals surface area contributed by atoms with Crippen LogP contribution in [0, 0.1) is 17.8 Å². The topological polar surface area (TPSA) is 15.3 Å². The summed E-state index contributed by atoms with van der Waals surface area (Å²) in [5, 5.41) is 3.81. The van der Waals surface area contributed by atoms with Gasteiger partial charge in [0.25, 0.3) is 0 Å². The van der Waals surface area contributed by atoms with E-state index in [0.29, 0.717) is 0 Å². The summed E-state index contributed by atoms with van der Waals surface area (Å²) in [4.78, 5) is 2.85. The molecule has 1 N–H and O–H groups in total. The second-order valence-corrected chi connectivity index (χ2v) is 7.49. The molecule has 2 saturated carbocycles. The molecule has 1 saturated heterocycles. The van der Waals surface area contributed by atoms with E-state index in [1.807, 2.05) is 0 Å². The standard InChI is InChI=1S/C17H32N2/c1-3-16-10-18-17(15-8-9-15)12-19(16)11-14-6-4-13(2)5-7-14/h13-18H,3-12H2,1-2H3. The monoisotopic (exact) mass is 264 g/mol. The van der Waals surface area contributed by atoms with Gasteiger partial charge in [0.15, 0.2) is 0 Å². The quantitative estimate of drug-likeness (QED) is 0.838. The number of nitrogens with zero attached hydrogens (tertiary/aromatic N) is 1. The fourth-order valence-electron chi connectivity index (χ4n) is 4.17. The predicted molar refractivity (Wildman–Crippen MR) is 81.3 cm³/mol. The van der Waals surface area contributed by atoms with E-state index >= 15 is 0 Å². The zero-order valence-electron chi connectivity index (χ0n) is 12.9. The molecular weight excluding hydrogens is 232 g/mol. The zero-order chi connectivity index (χ0) is 13.2. The van der Waals surface area contributed by atoms with Crippen LogP contribution in [0.15, 0.2) is 0 Å². The van der Waals surface area contributed by atoms with E-state index in [4.69, 9.17) is 0 Å². The van der Waals surface area contributed by atoms with E-state index in [1.54, 1.807) is 0 Å². The van der Waals surface area contributed by atoms with Crippen LogP contribution >= 0.6 is 0 Å². The van der Waals surface area contributed by atoms with E-state index in [1.165, 1.54) is 64.6 Å². The Bertz CT molecular complexity index is 279.